The summed E-state index contributed by atoms with van der Waals surface area (Å²) in [6, 6.07) is 12.9. The molecule has 0 saturated heterocycles. The van der Waals surface area contributed by atoms with Gasteiger partial charge in [-0.2, -0.15) is 12.1 Å². The smallest absolute Gasteiger partial charge is 0.304 e. The molecule has 0 atom stereocenters. The van der Waals surface area contributed by atoms with Crippen LogP contribution in [-0.4, -0.2) is 9.97 Å². The standard InChI is InChI=1S/2C5H4N.Cu/c2*1-2-4-6-5-3-1;/h2*1-2,4-5H;/q2*-1;+2. The third kappa shape index (κ3) is 7.19. The normalized spacial score (nSPS) is 7.38. The van der Waals surface area contributed by atoms with Gasteiger partial charge in [0.2, 0.25) is 0 Å². The Hall–Kier alpha value is -1.18. The molecule has 0 saturated carbocycles. The summed E-state index contributed by atoms with van der Waals surface area (Å²) in [6.07, 6.45) is 6.69. The molecule has 0 aliphatic heterocycles. The Morgan fingerprint density at radius 2 is 1.23 bits per heavy atom. The zero-order chi connectivity index (χ0) is 8.49. The molecule has 2 aromatic heterocycles. The van der Waals surface area contributed by atoms with Gasteiger partial charge in [-0.25, -0.2) is 24.3 Å². The van der Waals surface area contributed by atoms with Crippen LogP contribution in [0.3, 0.4) is 0 Å². The van der Waals surface area contributed by atoms with Gasteiger partial charge in [0, 0.05) is 0 Å². The minimum Gasteiger partial charge on any atom is -0.304 e. The molecular formula is C10H8CuN2. The molecule has 0 fully saturated rings. The molecule has 0 aliphatic carbocycles. The number of pyridine rings is 2. The second-order valence-corrected chi connectivity index (χ2v) is 1.91. The van der Waals surface area contributed by atoms with E-state index in [0.29, 0.717) is 0 Å². The summed E-state index contributed by atoms with van der Waals surface area (Å²) in [7, 11) is 0. The molecule has 0 amide bonds. The van der Waals surface area contributed by atoms with Gasteiger partial charge in [-0.15, -0.1) is 0 Å². The maximum Gasteiger partial charge on any atom is 2.00 e. The van der Waals surface area contributed by atoms with Gasteiger partial charge in [-0.3, -0.25) is 0 Å². The van der Waals surface area contributed by atoms with E-state index in [9.17, 15) is 0 Å². The van der Waals surface area contributed by atoms with Gasteiger partial charge in [0.05, 0.1) is 0 Å². The van der Waals surface area contributed by atoms with E-state index in [1.807, 2.05) is 24.3 Å². The summed E-state index contributed by atoms with van der Waals surface area (Å²) in [5.74, 6) is 0. The van der Waals surface area contributed by atoms with Crippen molar-refractivity contribution in [1.29, 1.82) is 0 Å². The van der Waals surface area contributed by atoms with Gasteiger partial charge in [-0.05, 0) is 0 Å². The van der Waals surface area contributed by atoms with Gasteiger partial charge >= 0.3 is 17.1 Å². The van der Waals surface area contributed by atoms with E-state index in [1.165, 1.54) is 0 Å². The Morgan fingerprint density at radius 1 is 0.769 bits per heavy atom. The summed E-state index contributed by atoms with van der Waals surface area (Å²) in [5, 5.41) is 0. The van der Waals surface area contributed by atoms with Gasteiger partial charge in [0.25, 0.3) is 0 Å². The topological polar surface area (TPSA) is 25.8 Å². The second-order valence-electron chi connectivity index (χ2n) is 1.91. The van der Waals surface area contributed by atoms with Crippen LogP contribution < -0.4 is 0 Å². The molecule has 2 nitrogen and oxygen atoms in total. The molecule has 0 bridgehead atoms. The molecule has 2 heterocycles. The Balaban J connectivity index is 0.000000206. The van der Waals surface area contributed by atoms with Crippen molar-refractivity contribution in [3.8, 4) is 0 Å². The molecule has 0 unspecified atom stereocenters. The van der Waals surface area contributed by atoms with Crippen molar-refractivity contribution in [3.05, 3.63) is 61.2 Å². The summed E-state index contributed by atoms with van der Waals surface area (Å²) >= 11 is 0. The first-order valence-corrected chi connectivity index (χ1v) is 3.52. The third-order valence-corrected chi connectivity index (χ3v) is 1.03. The van der Waals surface area contributed by atoms with Crippen LogP contribution in [-0.2, 0) is 17.1 Å². The summed E-state index contributed by atoms with van der Waals surface area (Å²) in [4.78, 5) is 7.46. The van der Waals surface area contributed by atoms with Crippen molar-refractivity contribution in [1.82, 2.24) is 9.97 Å². The number of rotatable bonds is 0. The first-order valence-electron chi connectivity index (χ1n) is 3.52. The Labute approximate surface area is 88.5 Å². The zero-order valence-electron chi connectivity index (χ0n) is 6.81. The number of nitrogens with zero attached hydrogens (tertiary/aromatic N) is 2. The average Bonchev–Trinajstić information content (AvgIpc) is 2.24. The number of hydrogen-bond acceptors (Lipinski definition) is 2. The molecule has 0 spiro atoms. The monoisotopic (exact) mass is 219 g/mol. The van der Waals surface area contributed by atoms with E-state index >= 15 is 0 Å². The molecule has 69 valence electrons. The van der Waals surface area contributed by atoms with Crippen LogP contribution in [0.15, 0.2) is 49.1 Å². The van der Waals surface area contributed by atoms with Gasteiger partial charge < -0.3 is 9.97 Å². The maximum absolute atomic E-state index is 3.73. The minimum atomic E-state index is 0. The molecule has 3 heteroatoms. The van der Waals surface area contributed by atoms with Crippen molar-refractivity contribution in [3.63, 3.8) is 0 Å². The largest absolute Gasteiger partial charge is 2.00 e. The summed E-state index contributed by atoms with van der Waals surface area (Å²) in [6.45, 7) is 0. The minimum absolute atomic E-state index is 0. The fraction of sp³-hybridized carbons (Fsp3) is 0. The van der Waals surface area contributed by atoms with E-state index in [-0.39, 0.29) is 17.1 Å². The van der Waals surface area contributed by atoms with Crippen LogP contribution >= 0.6 is 0 Å². The van der Waals surface area contributed by atoms with Crippen molar-refractivity contribution in [2.75, 3.05) is 0 Å². The van der Waals surface area contributed by atoms with Crippen LogP contribution in [0.2, 0.25) is 0 Å². The predicted molar refractivity (Wildman–Crippen MR) is 46.1 cm³/mol. The zero-order valence-corrected chi connectivity index (χ0v) is 7.76. The Bertz CT molecular complexity index is 188. The van der Waals surface area contributed by atoms with Crippen LogP contribution in [0, 0.1) is 12.1 Å². The van der Waals surface area contributed by atoms with Crippen LogP contribution in [0.5, 0.6) is 0 Å². The fourth-order valence-electron chi connectivity index (χ4n) is 0.555. The molecule has 0 aliphatic rings. The molecule has 0 aromatic carbocycles. The van der Waals surface area contributed by atoms with Crippen molar-refractivity contribution < 1.29 is 17.1 Å². The van der Waals surface area contributed by atoms with Crippen LogP contribution in [0.1, 0.15) is 0 Å². The first kappa shape index (κ1) is 11.8. The van der Waals surface area contributed by atoms with Gasteiger partial charge in [-0.1, -0.05) is 24.8 Å². The molecule has 1 radical (unpaired) electrons. The molecular weight excluding hydrogens is 212 g/mol. The quantitative estimate of drug-likeness (QED) is 0.499. The Kier molecular flexibility index (Phi) is 8.10. The van der Waals surface area contributed by atoms with Crippen molar-refractivity contribution in [2.24, 2.45) is 0 Å². The van der Waals surface area contributed by atoms with Crippen molar-refractivity contribution in [2.45, 2.75) is 0 Å². The van der Waals surface area contributed by atoms with E-state index < -0.39 is 0 Å². The molecule has 0 N–H and O–H groups in total. The van der Waals surface area contributed by atoms with E-state index in [1.54, 1.807) is 24.8 Å². The average molecular weight is 220 g/mol. The van der Waals surface area contributed by atoms with E-state index in [0.717, 1.165) is 0 Å². The first-order chi connectivity index (χ1) is 6.00. The van der Waals surface area contributed by atoms with Crippen LogP contribution in [0.4, 0.5) is 0 Å². The van der Waals surface area contributed by atoms with Gasteiger partial charge in [0.1, 0.15) is 0 Å². The maximum atomic E-state index is 3.73. The summed E-state index contributed by atoms with van der Waals surface area (Å²) in [5.41, 5.74) is 0. The molecule has 2 aromatic rings. The predicted octanol–water partition coefficient (Wildman–Crippen LogP) is 1.76. The van der Waals surface area contributed by atoms with E-state index in [2.05, 4.69) is 22.1 Å². The summed E-state index contributed by atoms with van der Waals surface area (Å²) < 4.78 is 0. The second kappa shape index (κ2) is 8.91. The van der Waals surface area contributed by atoms with Gasteiger partial charge in [0.15, 0.2) is 0 Å². The van der Waals surface area contributed by atoms with Crippen molar-refractivity contribution >= 4 is 0 Å². The molecule has 2 rings (SSSR count). The number of hydrogen-bond donors (Lipinski definition) is 0. The third-order valence-electron chi connectivity index (χ3n) is 1.03. The number of aromatic nitrogens is 2. The molecule has 13 heavy (non-hydrogen) atoms. The van der Waals surface area contributed by atoms with Crippen LogP contribution in [0.25, 0.3) is 0 Å². The SMILES string of the molecule is [Cu+2].[c-]1cccnc1.[c-]1cccnc1. The van der Waals surface area contributed by atoms with E-state index in [4.69, 9.17) is 0 Å². The Morgan fingerprint density at radius 3 is 1.31 bits per heavy atom. The fourth-order valence-corrected chi connectivity index (χ4v) is 0.555.